The zero-order valence-corrected chi connectivity index (χ0v) is 9.66. The molecule has 1 aliphatic rings. The van der Waals surface area contributed by atoms with Crippen LogP contribution >= 0.6 is 11.6 Å². The van der Waals surface area contributed by atoms with Crippen molar-refractivity contribution < 1.29 is 9.90 Å². The van der Waals surface area contributed by atoms with Crippen molar-refractivity contribution in [2.24, 2.45) is 5.92 Å². The van der Waals surface area contributed by atoms with Gasteiger partial charge >= 0.3 is 5.97 Å². The van der Waals surface area contributed by atoms with Crippen molar-refractivity contribution in [1.29, 1.82) is 0 Å². The summed E-state index contributed by atoms with van der Waals surface area (Å²) in [5, 5.41) is 12.3. The van der Waals surface area contributed by atoms with Crippen LogP contribution in [0.15, 0.2) is 12.3 Å². The number of hydrogen-bond acceptors (Lipinski definition) is 3. The Labute approximate surface area is 98.6 Å². The number of pyridine rings is 1. The Morgan fingerprint density at radius 3 is 3.00 bits per heavy atom. The summed E-state index contributed by atoms with van der Waals surface area (Å²) in [5.74, 6) is 0.253. The van der Waals surface area contributed by atoms with Crippen LogP contribution in [-0.2, 0) is 0 Å². The average Bonchev–Trinajstić information content (AvgIpc) is 2.99. The van der Waals surface area contributed by atoms with Crippen LogP contribution in [0.5, 0.6) is 0 Å². The molecule has 0 amide bonds. The number of anilines is 1. The molecule has 0 saturated heterocycles. The zero-order chi connectivity index (χ0) is 11.7. The van der Waals surface area contributed by atoms with Crippen LogP contribution in [0.2, 0.25) is 5.02 Å². The molecular weight excluding hydrogens is 228 g/mol. The van der Waals surface area contributed by atoms with Crippen LogP contribution < -0.4 is 5.32 Å². The van der Waals surface area contributed by atoms with Gasteiger partial charge in [0.15, 0.2) is 0 Å². The van der Waals surface area contributed by atoms with E-state index in [4.69, 9.17) is 16.7 Å². The van der Waals surface area contributed by atoms with E-state index < -0.39 is 5.97 Å². The largest absolute Gasteiger partial charge is 0.478 e. The average molecular weight is 241 g/mol. The molecular formula is C11H13ClN2O2. The summed E-state index contributed by atoms with van der Waals surface area (Å²) in [6, 6.07) is 1.86. The first-order valence-electron chi connectivity index (χ1n) is 5.27. The monoisotopic (exact) mass is 240 g/mol. The van der Waals surface area contributed by atoms with Crippen molar-refractivity contribution in [3.8, 4) is 0 Å². The van der Waals surface area contributed by atoms with E-state index in [-0.39, 0.29) is 5.56 Å². The number of nitrogens with one attached hydrogen (secondary N) is 1. The molecule has 2 unspecified atom stereocenters. The molecule has 2 rings (SSSR count). The number of carboxylic acids is 1. The molecule has 1 aromatic heterocycles. The Balaban J connectivity index is 2.08. The molecule has 1 aromatic rings. The molecule has 2 N–H and O–H groups in total. The molecule has 1 saturated carbocycles. The number of nitrogens with zero attached hydrogens (tertiary/aromatic N) is 1. The van der Waals surface area contributed by atoms with E-state index >= 15 is 0 Å². The first kappa shape index (κ1) is 11.2. The molecule has 1 fully saturated rings. The van der Waals surface area contributed by atoms with Crippen molar-refractivity contribution in [1.82, 2.24) is 4.98 Å². The van der Waals surface area contributed by atoms with E-state index in [1.807, 2.05) is 0 Å². The van der Waals surface area contributed by atoms with Gasteiger partial charge in [0, 0.05) is 12.2 Å². The number of halogens is 1. The van der Waals surface area contributed by atoms with E-state index in [0.29, 0.717) is 22.8 Å². The summed E-state index contributed by atoms with van der Waals surface area (Å²) in [6.45, 7) is 2.15. The molecule has 0 aliphatic heterocycles. The van der Waals surface area contributed by atoms with E-state index in [0.717, 1.165) is 12.8 Å². The second-order valence-electron chi connectivity index (χ2n) is 4.01. The third kappa shape index (κ3) is 2.27. The highest BCUT2D eigenvalue weighted by atomic mass is 35.5. The van der Waals surface area contributed by atoms with Gasteiger partial charge in [0.2, 0.25) is 0 Å². The van der Waals surface area contributed by atoms with Gasteiger partial charge < -0.3 is 10.4 Å². The molecule has 4 nitrogen and oxygen atoms in total. The van der Waals surface area contributed by atoms with Gasteiger partial charge in [-0.05, 0) is 18.4 Å². The minimum Gasteiger partial charge on any atom is -0.478 e. The molecule has 0 bridgehead atoms. The minimum atomic E-state index is -1.01. The number of hydrogen-bond donors (Lipinski definition) is 2. The van der Waals surface area contributed by atoms with Gasteiger partial charge in [-0.15, -0.1) is 0 Å². The Kier molecular flexibility index (Phi) is 3.01. The topological polar surface area (TPSA) is 62.2 Å². The van der Waals surface area contributed by atoms with Gasteiger partial charge in [-0.3, -0.25) is 0 Å². The summed E-state index contributed by atoms with van der Waals surface area (Å²) in [4.78, 5) is 14.7. The Morgan fingerprint density at radius 2 is 2.50 bits per heavy atom. The second kappa shape index (κ2) is 4.29. The van der Waals surface area contributed by atoms with Crippen LogP contribution in [0.4, 0.5) is 5.82 Å². The van der Waals surface area contributed by atoms with E-state index in [1.54, 1.807) is 0 Å². The Hall–Kier alpha value is -1.29. The molecule has 16 heavy (non-hydrogen) atoms. The van der Waals surface area contributed by atoms with Crippen molar-refractivity contribution in [3.63, 3.8) is 0 Å². The smallest absolute Gasteiger partial charge is 0.337 e. The van der Waals surface area contributed by atoms with Crippen LogP contribution in [0.3, 0.4) is 0 Å². The number of rotatable bonds is 4. The molecule has 2 atom stereocenters. The standard InChI is InChI=1S/C11H13ClN2O2/c1-2-6-4-9(6)14-10-8(12)3-7(5-13-10)11(15)16/h3,5-6,9H,2,4H2,1H3,(H,13,14)(H,15,16). The second-order valence-corrected chi connectivity index (χ2v) is 4.42. The number of aromatic nitrogens is 1. The zero-order valence-electron chi connectivity index (χ0n) is 8.90. The highest BCUT2D eigenvalue weighted by Crippen LogP contribution is 2.37. The number of carbonyl (C=O) groups is 1. The van der Waals surface area contributed by atoms with Crippen molar-refractivity contribution in [2.45, 2.75) is 25.8 Å². The highest BCUT2D eigenvalue weighted by molar-refractivity contribution is 6.33. The fraction of sp³-hybridized carbons (Fsp3) is 0.455. The SMILES string of the molecule is CCC1CC1Nc1ncc(C(=O)O)cc1Cl. The van der Waals surface area contributed by atoms with Gasteiger partial charge in [0.25, 0.3) is 0 Å². The molecule has 0 spiro atoms. The molecule has 5 heteroatoms. The van der Waals surface area contributed by atoms with E-state index in [2.05, 4.69) is 17.2 Å². The highest BCUT2D eigenvalue weighted by Gasteiger charge is 2.35. The van der Waals surface area contributed by atoms with Gasteiger partial charge in [0.1, 0.15) is 5.82 Å². The lowest BCUT2D eigenvalue weighted by atomic mass is 10.3. The van der Waals surface area contributed by atoms with Gasteiger partial charge in [-0.2, -0.15) is 0 Å². The number of aromatic carboxylic acids is 1. The van der Waals surface area contributed by atoms with Gasteiger partial charge in [0.05, 0.1) is 10.6 Å². The maximum Gasteiger partial charge on any atom is 0.337 e. The Morgan fingerprint density at radius 1 is 1.75 bits per heavy atom. The third-order valence-corrected chi connectivity index (χ3v) is 3.15. The lowest BCUT2D eigenvalue weighted by Gasteiger charge is -2.06. The quantitative estimate of drug-likeness (QED) is 0.849. The molecule has 0 aromatic carbocycles. The van der Waals surface area contributed by atoms with Crippen LogP contribution in [0.1, 0.15) is 30.1 Å². The summed E-state index contributed by atoms with van der Waals surface area (Å²) < 4.78 is 0. The lowest BCUT2D eigenvalue weighted by molar-refractivity contribution is 0.0696. The normalized spacial score (nSPS) is 22.9. The van der Waals surface area contributed by atoms with Crippen molar-refractivity contribution in [2.75, 3.05) is 5.32 Å². The maximum atomic E-state index is 10.7. The predicted molar refractivity (Wildman–Crippen MR) is 62.0 cm³/mol. The predicted octanol–water partition coefficient (Wildman–Crippen LogP) is 2.64. The summed E-state index contributed by atoms with van der Waals surface area (Å²) in [5.41, 5.74) is 0.110. The summed E-state index contributed by atoms with van der Waals surface area (Å²) >= 11 is 5.95. The number of carboxylic acid groups (broad SMARTS) is 1. The molecule has 1 heterocycles. The minimum absolute atomic E-state index is 0.110. The lowest BCUT2D eigenvalue weighted by Crippen LogP contribution is -2.07. The van der Waals surface area contributed by atoms with Crippen LogP contribution in [0, 0.1) is 5.92 Å². The summed E-state index contributed by atoms with van der Waals surface area (Å²) in [7, 11) is 0. The van der Waals surface area contributed by atoms with Gasteiger partial charge in [-0.25, -0.2) is 9.78 Å². The summed E-state index contributed by atoms with van der Waals surface area (Å²) in [6.07, 6.45) is 3.59. The first-order valence-corrected chi connectivity index (χ1v) is 5.65. The third-order valence-electron chi connectivity index (χ3n) is 2.86. The molecule has 1 aliphatic carbocycles. The first-order chi connectivity index (χ1) is 7.61. The Bertz CT molecular complexity index is 422. The fourth-order valence-electron chi connectivity index (χ4n) is 1.71. The van der Waals surface area contributed by atoms with E-state index in [1.165, 1.54) is 12.3 Å². The van der Waals surface area contributed by atoms with Crippen molar-refractivity contribution in [3.05, 3.63) is 22.8 Å². The fourth-order valence-corrected chi connectivity index (χ4v) is 1.93. The van der Waals surface area contributed by atoms with Gasteiger partial charge in [-0.1, -0.05) is 24.9 Å². The molecule has 0 radical (unpaired) electrons. The molecule has 86 valence electrons. The maximum absolute atomic E-state index is 10.7. The van der Waals surface area contributed by atoms with Crippen LogP contribution in [0.25, 0.3) is 0 Å². The van der Waals surface area contributed by atoms with E-state index in [9.17, 15) is 4.79 Å². The van der Waals surface area contributed by atoms with Crippen LogP contribution in [-0.4, -0.2) is 22.1 Å². The van der Waals surface area contributed by atoms with Crippen molar-refractivity contribution >= 4 is 23.4 Å².